The summed E-state index contributed by atoms with van der Waals surface area (Å²) in [6.07, 6.45) is 2.23. The lowest BCUT2D eigenvalue weighted by Gasteiger charge is -2.23. The average Bonchev–Trinajstić information content (AvgIpc) is 2.62. The Kier molecular flexibility index (Phi) is 7.48. The maximum absolute atomic E-state index is 12.7. The molecule has 2 aromatic carbocycles. The van der Waals surface area contributed by atoms with Gasteiger partial charge >= 0.3 is 0 Å². The second-order valence-electron chi connectivity index (χ2n) is 6.05. The lowest BCUT2D eigenvalue weighted by Crippen LogP contribution is -2.35. The highest BCUT2D eigenvalue weighted by molar-refractivity contribution is 6.42. The molecule has 0 spiro atoms. The van der Waals surface area contributed by atoms with Crippen LogP contribution in [-0.4, -0.2) is 30.7 Å². The fraction of sp³-hybridized carbons (Fsp3) is 0.300. The molecule has 0 saturated carbocycles. The highest BCUT2D eigenvalue weighted by Gasteiger charge is 2.22. The zero-order chi connectivity index (χ0) is 18.2. The van der Waals surface area contributed by atoms with E-state index in [1.807, 2.05) is 36.4 Å². The predicted octanol–water partition coefficient (Wildman–Crippen LogP) is 4.44. The van der Waals surface area contributed by atoms with E-state index in [0.29, 0.717) is 23.0 Å². The molecule has 0 saturated heterocycles. The lowest BCUT2D eigenvalue weighted by molar-refractivity contribution is -0.135. The first-order chi connectivity index (χ1) is 12.0. The molecule has 1 atom stereocenters. The van der Waals surface area contributed by atoms with Gasteiger partial charge in [-0.3, -0.25) is 4.79 Å². The quantitative estimate of drug-likeness (QED) is 0.637. The molecule has 132 valence electrons. The Balaban J connectivity index is 2.00. The zero-order valence-corrected chi connectivity index (χ0v) is 15.6. The number of rotatable bonds is 8. The fourth-order valence-corrected chi connectivity index (χ4v) is 3.02. The van der Waals surface area contributed by atoms with Crippen LogP contribution >= 0.6 is 23.2 Å². The van der Waals surface area contributed by atoms with Gasteiger partial charge in [-0.15, -0.1) is 0 Å². The van der Waals surface area contributed by atoms with Crippen LogP contribution in [0.5, 0.6) is 0 Å². The summed E-state index contributed by atoms with van der Waals surface area (Å²) < 4.78 is 0. The average molecular weight is 378 g/mol. The highest BCUT2D eigenvalue weighted by Crippen LogP contribution is 2.24. The lowest BCUT2D eigenvalue weighted by atomic mass is 9.95. The number of hydrogen-bond acceptors (Lipinski definition) is 2. The minimum atomic E-state index is -0.393. The number of halogens is 2. The van der Waals surface area contributed by atoms with E-state index in [9.17, 15) is 9.59 Å². The summed E-state index contributed by atoms with van der Waals surface area (Å²) in [6.45, 7) is 0.611. The molecule has 0 aromatic heterocycles. The van der Waals surface area contributed by atoms with E-state index in [0.717, 1.165) is 18.3 Å². The van der Waals surface area contributed by atoms with E-state index in [2.05, 4.69) is 0 Å². The molecule has 0 heterocycles. The third-order valence-corrected chi connectivity index (χ3v) is 4.89. The fourth-order valence-electron chi connectivity index (χ4n) is 2.70. The van der Waals surface area contributed by atoms with E-state index in [4.69, 9.17) is 23.2 Å². The summed E-state index contributed by atoms with van der Waals surface area (Å²) >= 11 is 12.0. The van der Waals surface area contributed by atoms with Crippen molar-refractivity contribution in [3.05, 3.63) is 69.7 Å². The van der Waals surface area contributed by atoms with Crippen LogP contribution in [0.3, 0.4) is 0 Å². The highest BCUT2D eigenvalue weighted by atomic mass is 35.5. The van der Waals surface area contributed by atoms with Crippen molar-refractivity contribution in [2.75, 3.05) is 13.6 Å². The van der Waals surface area contributed by atoms with Gasteiger partial charge in [-0.2, -0.15) is 0 Å². The van der Waals surface area contributed by atoms with Crippen molar-refractivity contribution in [3.63, 3.8) is 0 Å². The van der Waals surface area contributed by atoms with Crippen molar-refractivity contribution in [2.24, 2.45) is 5.92 Å². The Labute approximate surface area is 158 Å². The molecule has 0 bridgehead atoms. The van der Waals surface area contributed by atoms with Crippen LogP contribution in [0.25, 0.3) is 0 Å². The van der Waals surface area contributed by atoms with E-state index in [1.54, 1.807) is 24.1 Å². The largest absolute Gasteiger partial charge is 0.345 e. The number of carbonyl (C=O) groups excluding carboxylic acids is 2. The third-order valence-electron chi connectivity index (χ3n) is 4.15. The number of nitrogens with zero attached hydrogens (tertiary/aromatic N) is 1. The molecule has 1 unspecified atom stereocenters. The predicted molar refractivity (Wildman–Crippen MR) is 102 cm³/mol. The van der Waals surface area contributed by atoms with Crippen molar-refractivity contribution in [1.29, 1.82) is 0 Å². The van der Waals surface area contributed by atoms with Gasteiger partial charge in [-0.05, 0) is 36.1 Å². The summed E-state index contributed by atoms with van der Waals surface area (Å²) in [5.74, 6) is -0.426. The summed E-state index contributed by atoms with van der Waals surface area (Å²) in [6, 6.07) is 15.3. The molecule has 0 fully saturated rings. The molecule has 0 aliphatic heterocycles. The van der Waals surface area contributed by atoms with Gasteiger partial charge < -0.3 is 9.69 Å². The molecule has 3 nitrogen and oxygen atoms in total. The van der Waals surface area contributed by atoms with Gasteiger partial charge in [-0.1, -0.05) is 59.6 Å². The molecule has 2 rings (SSSR count). The van der Waals surface area contributed by atoms with Crippen LogP contribution in [0.15, 0.2) is 48.5 Å². The van der Waals surface area contributed by atoms with Crippen molar-refractivity contribution < 1.29 is 9.59 Å². The number of likely N-dealkylation sites (N-methyl/N-ethyl adjacent to an activating group) is 1. The first-order valence-corrected chi connectivity index (χ1v) is 8.93. The van der Waals surface area contributed by atoms with Gasteiger partial charge in [0.15, 0.2) is 0 Å². The summed E-state index contributed by atoms with van der Waals surface area (Å²) in [7, 11) is 1.78. The standard InChI is InChI=1S/C20H21Cl2NO2/c1-23(11-9-15-5-3-2-4-6-15)20(25)17(10-12-24)13-16-7-8-18(21)19(22)14-16/h2-8,12,14,17H,9-11,13H2,1H3. The third kappa shape index (κ3) is 5.87. The molecular weight excluding hydrogens is 357 g/mol. The molecule has 0 radical (unpaired) electrons. The van der Waals surface area contributed by atoms with Crippen LogP contribution in [-0.2, 0) is 22.4 Å². The van der Waals surface area contributed by atoms with E-state index < -0.39 is 5.92 Å². The summed E-state index contributed by atoms with van der Waals surface area (Å²) in [4.78, 5) is 25.4. The van der Waals surface area contributed by atoms with Gasteiger partial charge in [-0.25, -0.2) is 0 Å². The number of benzene rings is 2. The number of amides is 1. The maximum Gasteiger partial charge on any atom is 0.226 e. The Bertz CT molecular complexity index is 719. The summed E-state index contributed by atoms with van der Waals surface area (Å²) in [5.41, 5.74) is 2.07. The number of aldehydes is 1. The van der Waals surface area contributed by atoms with Gasteiger partial charge in [0.2, 0.25) is 5.91 Å². The van der Waals surface area contributed by atoms with E-state index in [-0.39, 0.29) is 12.3 Å². The van der Waals surface area contributed by atoms with Gasteiger partial charge in [0, 0.05) is 25.9 Å². The number of hydrogen-bond donors (Lipinski definition) is 0. The molecule has 25 heavy (non-hydrogen) atoms. The van der Waals surface area contributed by atoms with Crippen molar-refractivity contribution in [1.82, 2.24) is 4.90 Å². The Morgan fingerprint density at radius 1 is 1.08 bits per heavy atom. The van der Waals surface area contributed by atoms with Crippen LogP contribution in [0.4, 0.5) is 0 Å². The molecule has 0 aliphatic rings. The maximum atomic E-state index is 12.7. The molecule has 0 N–H and O–H groups in total. The van der Waals surface area contributed by atoms with Crippen molar-refractivity contribution in [2.45, 2.75) is 19.3 Å². The summed E-state index contributed by atoms with van der Waals surface area (Å²) in [5, 5.41) is 0.928. The van der Waals surface area contributed by atoms with Gasteiger partial charge in [0.1, 0.15) is 6.29 Å². The van der Waals surface area contributed by atoms with Crippen molar-refractivity contribution >= 4 is 35.4 Å². The van der Waals surface area contributed by atoms with Crippen LogP contribution in [0.1, 0.15) is 17.5 Å². The SMILES string of the molecule is CN(CCc1ccccc1)C(=O)C(CC=O)Cc1ccc(Cl)c(Cl)c1. The minimum absolute atomic E-state index is 0.0332. The van der Waals surface area contributed by atoms with Crippen LogP contribution < -0.4 is 0 Å². The van der Waals surface area contributed by atoms with Crippen molar-refractivity contribution in [3.8, 4) is 0 Å². The molecule has 5 heteroatoms. The minimum Gasteiger partial charge on any atom is -0.345 e. The van der Waals surface area contributed by atoms with Crippen LogP contribution in [0, 0.1) is 5.92 Å². The molecule has 2 aromatic rings. The van der Waals surface area contributed by atoms with Crippen LogP contribution in [0.2, 0.25) is 10.0 Å². The van der Waals surface area contributed by atoms with Gasteiger partial charge in [0.25, 0.3) is 0 Å². The Morgan fingerprint density at radius 2 is 1.80 bits per heavy atom. The second-order valence-corrected chi connectivity index (χ2v) is 6.86. The van der Waals surface area contributed by atoms with Gasteiger partial charge in [0.05, 0.1) is 10.0 Å². The number of carbonyl (C=O) groups is 2. The molecule has 0 aliphatic carbocycles. The molecular formula is C20H21Cl2NO2. The second kappa shape index (κ2) is 9.59. The van der Waals surface area contributed by atoms with E-state index in [1.165, 1.54) is 5.56 Å². The van der Waals surface area contributed by atoms with E-state index >= 15 is 0 Å². The zero-order valence-electron chi connectivity index (χ0n) is 14.1. The molecule has 1 amide bonds. The monoisotopic (exact) mass is 377 g/mol. The Morgan fingerprint density at radius 3 is 2.44 bits per heavy atom. The first-order valence-electron chi connectivity index (χ1n) is 8.17. The normalized spacial score (nSPS) is 11.8. The smallest absolute Gasteiger partial charge is 0.226 e. The topological polar surface area (TPSA) is 37.4 Å². The Hall–Kier alpha value is -1.84. The first kappa shape index (κ1) is 19.5.